The molecule has 35 heavy (non-hydrogen) atoms. The standard InChI is InChI=1S/C24H24N4O7/c1-32-20-10-17(5-6-19(20)21-12-25-14-34-21)28-23(30)22(29)27-16-4-2-3-15(9-16)11-26-24(31)35-18-7-8-33-13-18/h2-6,9-10,12,14,18H,7-8,11,13H2,1H3,(H,26,31)(H,27,29)(H,28,30)/t18-/m0/s1. The highest BCUT2D eigenvalue weighted by Crippen LogP contribution is 2.32. The predicted octanol–water partition coefficient (Wildman–Crippen LogP) is 2.94. The number of amides is 3. The van der Waals surface area contributed by atoms with E-state index >= 15 is 0 Å². The molecule has 0 saturated carbocycles. The van der Waals surface area contributed by atoms with Crippen LogP contribution in [0.25, 0.3) is 11.3 Å². The maximum atomic E-state index is 12.4. The number of carbonyl (C=O) groups is 3. The van der Waals surface area contributed by atoms with E-state index in [-0.39, 0.29) is 12.6 Å². The maximum absolute atomic E-state index is 12.4. The fourth-order valence-electron chi connectivity index (χ4n) is 3.43. The third-order valence-corrected chi connectivity index (χ3v) is 5.15. The van der Waals surface area contributed by atoms with Crippen LogP contribution in [-0.2, 0) is 25.6 Å². The summed E-state index contributed by atoms with van der Waals surface area (Å²) in [7, 11) is 1.48. The Bertz CT molecular complexity index is 1190. The number of nitrogens with zero attached hydrogens (tertiary/aromatic N) is 1. The van der Waals surface area contributed by atoms with Crippen molar-refractivity contribution < 1.29 is 33.0 Å². The summed E-state index contributed by atoms with van der Waals surface area (Å²) in [4.78, 5) is 40.6. The first-order valence-electron chi connectivity index (χ1n) is 10.8. The molecule has 0 spiro atoms. The van der Waals surface area contributed by atoms with Crippen LogP contribution >= 0.6 is 0 Å². The first-order chi connectivity index (χ1) is 17.0. The zero-order valence-corrected chi connectivity index (χ0v) is 18.9. The molecule has 1 fully saturated rings. The summed E-state index contributed by atoms with van der Waals surface area (Å²) in [5.41, 5.74) is 2.14. The number of methoxy groups -OCH3 is 1. The Morgan fingerprint density at radius 2 is 1.89 bits per heavy atom. The molecule has 11 nitrogen and oxygen atoms in total. The number of aromatic nitrogens is 1. The Morgan fingerprint density at radius 1 is 1.09 bits per heavy atom. The normalized spacial score (nSPS) is 14.7. The second-order valence-electron chi connectivity index (χ2n) is 7.63. The summed E-state index contributed by atoms with van der Waals surface area (Å²) < 4.78 is 21.0. The minimum atomic E-state index is -0.856. The van der Waals surface area contributed by atoms with E-state index in [1.54, 1.807) is 48.7 Å². The molecule has 2 aromatic carbocycles. The van der Waals surface area contributed by atoms with E-state index in [0.29, 0.717) is 48.1 Å². The summed E-state index contributed by atoms with van der Waals surface area (Å²) >= 11 is 0. The highest BCUT2D eigenvalue weighted by molar-refractivity contribution is 6.43. The van der Waals surface area contributed by atoms with Crippen LogP contribution in [0.2, 0.25) is 0 Å². The van der Waals surface area contributed by atoms with Gasteiger partial charge < -0.3 is 34.6 Å². The summed E-state index contributed by atoms with van der Waals surface area (Å²) in [5, 5.41) is 7.74. The van der Waals surface area contributed by atoms with E-state index < -0.39 is 17.9 Å². The molecule has 0 unspecified atom stereocenters. The Kier molecular flexibility index (Phi) is 7.58. The van der Waals surface area contributed by atoms with E-state index in [4.69, 9.17) is 18.6 Å². The van der Waals surface area contributed by atoms with Gasteiger partial charge in [-0.3, -0.25) is 9.59 Å². The predicted molar refractivity (Wildman–Crippen MR) is 125 cm³/mol. The highest BCUT2D eigenvalue weighted by atomic mass is 16.6. The van der Waals surface area contributed by atoms with Gasteiger partial charge in [0, 0.05) is 30.4 Å². The van der Waals surface area contributed by atoms with E-state index in [9.17, 15) is 14.4 Å². The van der Waals surface area contributed by atoms with Crippen molar-refractivity contribution in [1.29, 1.82) is 0 Å². The van der Waals surface area contributed by atoms with Crippen molar-refractivity contribution in [2.75, 3.05) is 31.0 Å². The molecule has 1 aromatic heterocycles. The minimum Gasteiger partial charge on any atom is -0.496 e. The summed E-state index contributed by atoms with van der Waals surface area (Å²) in [6.45, 7) is 1.17. The number of benzene rings is 2. The molecule has 3 amide bonds. The number of ether oxygens (including phenoxy) is 3. The fourth-order valence-corrected chi connectivity index (χ4v) is 3.43. The zero-order chi connectivity index (χ0) is 24.6. The fraction of sp³-hybridized carbons (Fsp3) is 0.250. The van der Waals surface area contributed by atoms with E-state index in [1.165, 1.54) is 13.5 Å². The van der Waals surface area contributed by atoms with Gasteiger partial charge in [0.15, 0.2) is 12.2 Å². The molecule has 1 atom stereocenters. The summed E-state index contributed by atoms with van der Waals surface area (Å²) in [6, 6.07) is 11.6. The molecule has 3 aromatic rings. The van der Waals surface area contributed by atoms with Gasteiger partial charge >= 0.3 is 17.9 Å². The second-order valence-corrected chi connectivity index (χ2v) is 7.63. The van der Waals surface area contributed by atoms with Gasteiger partial charge in [-0.25, -0.2) is 9.78 Å². The monoisotopic (exact) mass is 480 g/mol. The topological polar surface area (TPSA) is 141 Å². The van der Waals surface area contributed by atoms with Crippen molar-refractivity contribution in [1.82, 2.24) is 10.3 Å². The molecule has 4 rings (SSSR count). The van der Waals surface area contributed by atoms with Gasteiger partial charge in [0.05, 0.1) is 32.1 Å². The molecule has 0 aliphatic carbocycles. The van der Waals surface area contributed by atoms with Gasteiger partial charge in [0.1, 0.15) is 11.9 Å². The van der Waals surface area contributed by atoms with Crippen LogP contribution in [0.1, 0.15) is 12.0 Å². The Balaban J connectivity index is 1.31. The number of carbonyl (C=O) groups excluding carboxylic acids is 3. The zero-order valence-electron chi connectivity index (χ0n) is 18.9. The van der Waals surface area contributed by atoms with E-state index in [2.05, 4.69) is 20.9 Å². The molecule has 182 valence electrons. The van der Waals surface area contributed by atoms with Crippen LogP contribution < -0.4 is 20.7 Å². The number of nitrogens with one attached hydrogen (secondary N) is 3. The molecular weight excluding hydrogens is 456 g/mol. The lowest BCUT2D eigenvalue weighted by Crippen LogP contribution is -2.29. The number of oxazole rings is 1. The Morgan fingerprint density at radius 3 is 2.57 bits per heavy atom. The first kappa shape index (κ1) is 23.8. The molecule has 3 N–H and O–H groups in total. The first-order valence-corrected chi connectivity index (χ1v) is 10.8. The van der Waals surface area contributed by atoms with Crippen molar-refractivity contribution in [3.8, 4) is 17.1 Å². The second kappa shape index (κ2) is 11.2. The molecule has 11 heteroatoms. The van der Waals surface area contributed by atoms with Crippen LogP contribution in [0.4, 0.5) is 16.2 Å². The maximum Gasteiger partial charge on any atom is 0.407 e. The Labute approximate surface area is 200 Å². The quantitative estimate of drug-likeness (QED) is 0.439. The molecule has 1 saturated heterocycles. The van der Waals surface area contributed by atoms with E-state index in [1.807, 2.05) is 0 Å². The number of alkyl carbamates (subject to hydrolysis) is 1. The van der Waals surface area contributed by atoms with Crippen molar-refractivity contribution in [2.24, 2.45) is 0 Å². The molecule has 1 aliphatic rings. The van der Waals surface area contributed by atoms with Crippen LogP contribution in [0.3, 0.4) is 0 Å². The average molecular weight is 480 g/mol. The summed E-state index contributed by atoms with van der Waals surface area (Å²) in [5.74, 6) is -0.758. The van der Waals surface area contributed by atoms with Crippen LogP contribution in [0, 0.1) is 0 Å². The largest absolute Gasteiger partial charge is 0.496 e. The van der Waals surface area contributed by atoms with Crippen LogP contribution in [-0.4, -0.2) is 49.3 Å². The SMILES string of the molecule is COc1cc(NC(=O)C(=O)Nc2cccc(CNC(=O)O[C@H]3CCOC3)c2)ccc1-c1cnco1. The number of anilines is 2. The lowest BCUT2D eigenvalue weighted by molar-refractivity contribution is -0.132. The molecule has 0 bridgehead atoms. The van der Waals surface area contributed by atoms with Gasteiger partial charge in [-0.05, 0) is 29.8 Å². The third kappa shape index (κ3) is 6.36. The summed E-state index contributed by atoms with van der Waals surface area (Å²) in [6.07, 6.45) is 2.74. The molecule has 0 radical (unpaired) electrons. The van der Waals surface area contributed by atoms with Gasteiger partial charge in [-0.15, -0.1) is 0 Å². The minimum absolute atomic E-state index is 0.194. The van der Waals surface area contributed by atoms with Gasteiger partial charge in [-0.2, -0.15) is 0 Å². The van der Waals surface area contributed by atoms with Crippen molar-refractivity contribution in [2.45, 2.75) is 19.1 Å². The smallest absolute Gasteiger partial charge is 0.407 e. The van der Waals surface area contributed by atoms with Crippen LogP contribution in [0.15, 0.2) is 59.5 Å². The molecular formula is C24H24N4O7. The number of hydrogen-bond donors (Lipinski definition) is 3. The molecule has 2 heterocycles. The number of hydrogen-bond acceptors (Lipinski definition) is 8. The highest BCUT2D eigenvalue weighted by Gasteiger charge is 2.20. The van der Waals surface area contributed by atoms with Crippen molar-refractivity contribution in [3.05, 3.63) is 60.6 Å². The van der Waals surface area contributed by atoms with Gasteiger partial charge in [0.25, 0.3) is 0 Å². The number of rotatable bonds is 7. The van der Waals surface area contributed by atoms with Crippen molar-refractivity contribution >= 4 is 29.3 Å². The lowest BCUT2D eigenvalue weighted by Gasteiger charge is -2.12. The van der Waals surface area contributed by atoms with Gasteiger partial charge in [-0.1, -0.05) is 12.1 Å². The third-order valence-electron chi connectivity index (χ3n) is 5.15. The lowest BCUT2D eigenvalue weighted by atomic mass is 10.1. The molecule has 1 aliphatic heterocycles. The van der Waals surface area contributed by atoms with E-state index in [0.717, 1.165) is 5.56 Å². The Hall–Kier alpha value is -4.38. The van der Waals surface area contributed by atoms with Crippen molar-refractivity contribution in [3.63, 3.8) is 0 Å². The average Bonchev–Trinajstić information content (AvgIpc) is 3.57. The van der Waals surface area contributed by atoms with Crippen LogP contribution in [0.5, 0.6) is 5.75 Å². The van der Waals surface area contributed by atoms with Gasteiger partial charge in [0.2, 0.25) is 0 Å².